The van der Waals surface area contributed by atoms with Gasteiger partial charge in [-0.25, -0.2) is 9.78 Å². The quantitative estimate of drug-likeness (QED) is 0.906. The number of nitriles is 1. The Kier molecular flexibility index (Phi) is 4.01. The van der Waals surface area contributed by atoms with Crippen LogP contribution < -0.4 is 10.6 Å². The van der Waals surface area contributed by atoms with Crippen LogP contribution in [-0.2, 0) is 0 Å². The monoisotopic (exact) mass is 296 g/mol. The van der Waals surface area contributed by atoms with E-state index in [2.05, 4.69) is 26.8 Å². The Morgan fingerprint density at radius 1 is 1.32 bits per heavy atom. The fourth-order valence-corrected chi connectivity index (χ4v) is 2.63. The second-order valence-corrected chi connectivity index (χ2v) is 5.25. The first-order valence-corrected chi connectivity index (χ1v) is 7.19. The van der Waals surface area contributed by atoms with Crippen LogP contribution in [0.5, 0.6) is 0 Å². The van der Waals surface area contributed by atoms with E-state index in [0.29, 0.717) is 18.1 Å². The lowest BCUT2D eigenvalue weighted by molar-refractivity contribution is 0.248. The van der Waals surface area contributed by atoms with E-state index in [4.69, 9.17) is 5.26 Å². The standard InChI is InChI=1S/C15H16N6O/c16-10-11-4-5-12(9-11)19-15(22)20-14-6-8-18-21(14)13-3-1-2-7-17-13/h1-3,6-8,11-12H,4-5,9H2,(H2,19,20,22). The number of carbonyl (C=O) groups excluding carboxylic acids is 1. The van der Waals surface area contributed by atoms with E-state index in [9.17, 15) is 4.79 Å². The van der Waals surface area contributed by atoms with Crippen molar-refractivity contribution in [3.8, 4) is 11.9 Å². The molecule has 2 unspecified atom stereocenters. The second-order valence-electron chi connectivity index (χ2n) is 5.25. The van der Waals surface area contributed by atoms with Crippen LogP contribution in [0.4, 0.5) is 10.6 Å². The van der Waals surface area contributed by atoms with Gasteiger partial charge in [0.15, 0.2) is 5.82 Å². The molecule has 0 aliphatic heterocycles. The smallest absolute Gasteiger partial charge is 0.320 e. The molecule has 0 saturated heterocycles. The number of hydrogen-bond donors (Lipinski definition) is 2. The average molecular weight is 296 g/mol. The minimum absolute atomic E-state index is 0.0457. The minimum atomic E-state index is -0.290. The second kappa shape index (κ2) is 6.26. The molecule has 2 aromatic rings. The Hall–Kier alpha value is -2.88. The number of nitrogens with one attached hydrogen (secondary N) is 2. The Bertz CT molecular complexity index is 690. The predicted octanol–water partition coefficient (Wildman–Crippen LogP) is 2.08. The van der Waals surface area contributed by atoms with E-state index in [1.165, 1.54) is 0 Å². The maximum absolute atomic E-state index is 12.1. The van der Waals surface area contributed by atoms with E-state index in [1.54, 1.807) is 23.1 Å². The number of amides is 2. The number of pyridine rings is 1. The highest BCUT2D eigenvalue weighted by Crippen LogP contribution is 2.24. The van der Waals surface area contributed by atoms with Gasteiger partial charge in [0.05, 0.1) is 12.3 Å². The average Bonchev–Trinajstić information content (AvgIpc) is 3.17. The molecule has 1 aliphatic carbocycles. The Morgan fingerprint density at radius 3 is 2.95 bits per heavy atom. The Labute approximate surface area is 128 Å². The van der Waals surface area contributed by atoms with Crippen molar-refractivity contribution in [3.05, 3.63) is 36.7 Å². The summed E-state index contributed by atoms with van der Waals surface area (Å²) in [5.74, 6) is 1.23. The molecule has 2 heterocycles. The number of anilines is 1. The van der Waals surface area contributed by atoms with Crippen molar-refractivity contribution < 1.29 is 4.79 Å². The van der Waals surface area contributed by atoms with Gasteiger partial charge in [-0.2, -0.15) is 15.0 Å². The molecule has 22 heavy (non-hydrogen) atoms. The molecule has 3 rings (SSSR count). The van der Waals surface area contributed by atoms with Crippen molar-refractivity contribution >= 4 is 11.8 Å². The molecule has 0 spiro atoms. The molecule has 2 N–H and O–H groups in total. The van der Waals surface area contributed by atoms with E-state index in [0.717, 1.165) is 12.8 Å². The third-order valence-corrected chi connectivity index (χ3v) is 3.70. The van der Waals surface area contributed by atoms with E-state index in [1.807, 2.05) is 18.2 Å². The van der Waals surface area contributed by atoms with Crippen LogP contribution in [0.1, 0.15) is 19.3 Å². The molecule has 0 radical (unpaired) electrons. The highest BCUT2D eigenvalue weighted by atomic mass is 16.2. The zero-order valence-corrected chi connectivity index (χ0v) is 11.9. The van der Waals surface area contributed by atoms with Gasteiger partial charge in [0.2, 0.25) is 0 Å². The van der Waals surface area contributed by atoms with Gasteiger partial charge in [0.1, 0.15) is 5.82 Å². The molecule has 0 bridgehead atoms. The summed E-state index contributed by atoms with van der Waals surface area (Å²) >= 11 is 0. The summed E-state index contributed by atoms with van der Waals surface area (Å²) in [6, 6.07) is 9.20. The highest BCUT2D eigenvalue weighted by molar-refractivity contribution is 5.88. The number of rotatable bonds is 3. The van der Waals surface area contributed by atoms with Crippen LogP contribution in [0.2, 0.25) is 0 Å². The summed E-state index contributed by atoms with van der Waals surface area (Å²) in [6.45, 7) is 0. The maximum atomic E-state index is 12.1. The zero-order valence-electron chi connectivity index (χ0n) is 11.9. The highest BCUT2D eigenvalue weighted by Gasteiger charge is 2.25. The molecule has 2 amide bonds. The Balaban J connectivity index is 1.64. The molecule has 2 atom stereocenters. The summed E-state index contributed by atoms with van der Waals surface area (Å²) in [5.41, 5.74) is 0. The van der Waals surface area contributed by atoms with Gasteiger partial charge in [-0.15, -0.1) is 0 Å². The lowest BCUT2D eigenvalue weighted by Gasteiger charge is -2.13. The first-order valence-electron chi connectivity index (χ1n) is 7.19. The van der Waals surface area contributed by atoms with Gasteiger partial charge in [0, 0.05) is 24.2 Å². The molecule has 1 saturated carbocycles. The molecule has 7 nitrogen and oxygen atoms in total. The molecular weight excluding hydrogens is 280 g/mol. The first kappa shape index (κ1) is 14.1. The van der Waals surface area contributed by atoms with Crippen LogP contribution in [-0.4, -0.2) is 26.8 Å². The summed E-state index contributed by atoms with van der Waals surface area (Å²) in [5, 5.41) is 18.7. The van der Waals surface area contributed by atoms with Crippen LogP contribution in [0, 0.1) is 17.2 Å². The normalized spacial score (nSPS) is 20.3. The lowest BCUT2D eigenvalue weighted by atomic mass is 10.1. The van der Waals surface area contributed by atoms with Crippen LogP contribution in [0.3, 0.4) is 0 Å². The largest absolute Gasteiger partial charge is 0.335 e. The topological polar surface area (TPSA) is 95.6 Å². The molecule has 1 aliphatic rings. The lowest BCUT2D eigenvalue weighted by Crippen LogP contribution is -2.36. The number of hydrogen-bond acceptors (Lipinski definition) is 4. The van der Waals surface area contributed by atoms with Gasteiger partial charge in [-0.1, -0.05) is 6.07 Å². The van der Waals surface area contributed by atoms with Crippen molar-refractivity contribution in [2.45, 2.75) is 25.3 Å². The number of carbonyl (C=O) groups is 1. The maximum Gasteiger partial charge on any atom is 0.320 e. The first-order chi connectivity index (χ1) is 10.8. The molecule has 0 aromatic carbocycles. The van der Waals surface area contributed by atoms with E-state index < -0.39 is 0 Å². The molecular formula is C15H16N6O. The zero-order chi connectivity index (χ0) is 15.4. The molecule has 112 valence electrons. The fraction of sp³-hybridized carbons (Fsp3) is 0.333. The number of aromatic nitrogens is 3. The van der Waals surface area contributed by atoms with Crippen molar-refractivity contribution in [2.24, 2.45) is 5.92 Å². The summed E-state index contributed by atoms with van der Waals surface area (Å²) < 4.78 is 1.56. The van der Waals surface area contributed by atoms with Crippen LogP contribution >= 0.6 is 0 Å². The van der Waals surface area contributed by atoms with Crippen LogP contribution in [0.15, 0.2) is 36.7 Å². The minimum Gasteiger partial charge on any atom is -0.335 e. The van der Waals surface area contributed by atoms with Crippen molar-refractivity contribution in [2.75, 3.05) is 5.32 Å². The summed E-state index contributed by atoms with van der Waals surface area (Å²) in [4.78, 5) is 16.3. The van der Waals surface area contributed by atoms with Gasteiger partial charge < -0.3 is 5.32 Å². The molecule has 2 aromatic heterocycles. The van der Waals surface area contributed by atoms with Crippen molar-refractivity contribution in [3.63, 3.8) is 0 Å². The van der Waals surface area contributed by atoms with Crippen molar-refractivity contribution in [1.82, 2.24) is 20.1 Å². The molecule has 1 fully saturated rings. The Morgan fingerprint density at radius 2 is 2.23 bits per heavy atom. The fourth-order valence-electron chi connectivity index (χ4n) is 2.63. The molecule has 7 heteroatoms. The van der Waals surface area contributed by atoms with Gasteiger partial charge in [0.25, 0.3) is 0 Å². The SMILES string of the molecule is N#CC1CCC(NC(=O)Nc2ccnn2-c2ccccn2)C1. The van der Waals surface area contributed by atoms with Crippen LogP contribution in [0.25, 0.3) is 5.82 Å². The third-order valence-electron chi connectivity index (χ3n) is 3.70. The van der Waals surface area contributed by atoms with Gasteiger partial charge >= 0.3 is 6.03 Å². The van der Waals surface area contributed by atoms with Crippen molar-refractivity contribution in [1.29, 1.82) is 5.26 Å². The summed E-state index contributed by atoms with van der Waals surface area (Å²) in [6.07, 6.45) is 5.66. The number of nitrogens with zero attached hydrogens (tertiary/aromatic N) is 4. The van der Waals surface area contributed by atoms with Gasteiger partial charge in [-0.3, -0.25) is 5.32 Å². The van der Waals surface area contributed by atoms with E-state index in [-0.39, 0.29) is 18.0 Å². The number of urea groups is 1. The summed E-state index contributed by atoms with van der Waals surface area (Å²) in [7, 11) is 0. The van der Waals surface area contributed by atoms with E-state index >= 15 is 0 Å². The van der Waals surface area contributed by atoms with Gasteiger partial charge in [-0.05, 0) is 31.4 Å². The third kappa shape index (κ3) is 3.06. The predicted molar refractivity (Wildman–Crippen MR) is 80.3 cm³/mol.